The van der Waals surface area contributed by atoms with Crippen LogP contribution in [0.4, 0.5) is 26.2 Å². The Morgan fingerprint density at radius 1 is 1.08 bits per heavy atom. The zero-order chi connectivity index (χ0) is 25.7. The first-order chi connectivity index (χ1) is 17.3. The molecule has 0 aliphatic carbocycles. The lowest BCUT2D eigenvalue weighted by molar-refractivity contribution is -0.111. The first kappa shape index (κ1) is 24.4. The number of halogens is 1. The van der Waals surface area contributed by atoms with E-state index in [1.165, 1.54) is 18.2 Å². The average Bonchev–Trinajstić information content (AvgIpc) is 3.32. The molecule has 10 heteroatoms. The minimum atomic E-state index is -0.986. The van der Waals surface area contributed by atoms with Gasteiger partial charge in [0.2, 0.25) is 12.7 Å². The number of amides is 2. The zero-order valence-electron chi connectivity index (χ0n) is 19.2. The Morgan fingerprint density at radius 3 is 2.64 bits per heavy atom. The van der Waals surface area contributed by atoms with E-state index < -0.39 is 35.6 Å². The van der Waals surface area contributed by atoms with E-state index in [9.17, 15) is 19.1 Å². The summed E-state index contributed by atoms with van der Waals surface area (Å²) in [5.74, 6) is -1.38. The zero-order valence-corrected chi connectivity index (χ0v) is 19.2. The SMILES string of the molecule is C[C@@H](/C=C/C(=O)Nc1ccccc1N)[C@H](OC(=O)Nc1ccc2c(c1)OCO2)c1ccc(O)c(F)c1. The van der Waals surface area contributed by atoms with Gasteiger partial charge in [0.05, 0.1) is 11.4 Å². The molecule has 0 saturated heterocycles. The molecule has 3 aromatic rings. The molecule has 0 saturated carbocycles. The van der Waals surface area contributed by atoms with Crippen LogP contribution in [0, 0.1) is 11.7 Å². The number of benzene rings is 3. The number of phenols is 1. The van der Waals surface area contributed by atoms with Crippen molar-refractivity contribution in [3.8, 4) is 17.2 Å². The summed E-state index contributed by atoms with van der Waals surface area (Å²) in [4.78, 5) is 25.1. The van der Waals surface area contributed by atoms with Gasteiger partial charge in [0.15, 0.2) is 23.1 Å². The third kappa shape index (κ3) is 5.84. The molecule has 0 unspecified atom stereocenters. The Morgan fingerprint density at radius 2 is 1.86 bits per heavy atom. The van der Waals surface area contributed by atoms with E-state index in [0.717, 1.165) is 12.1 Å². The number of para-hydroxylation sites is 2. The molecule has 2 atom stereocenters. The number of nitrogens with two attached hydrogens (primary N) is 1. The van der Waals surface area contributed by atoms with E-state index in [2.05, 4.69) is 10.6 Å². The summed E-state index contributed by atoms with van der Waals surface area (Å²) in [6, 6.07) is 15.3. The van der Waals surface area contributed by atoms with Crippen LogP contribution in [0.1, 0.15) is 18.6 Å². The van der Waals surface area contributed by atoms with Crippen LogP contribution in [0.5, 0.6) is 17.2 Å². The molecular weight excluding hydrogens is 469 g/mol. The van der Waals surface area contributed by atoms with Crippen LogP contribution in [0.3, 0.4) is 0 Å². The van der Waals surface area contributed by atoms with Gasteiger partial charge in [-0.3, -0.25) is 10.1 Å². The molecule has 0 radical (unpaired) electrons. The predicted molar refractivity (Wildman–Crippen MR) is 131 cm³/mol. The van der Waals surface area contributed by atoms with Crippen molar-refractivity contribution in [1.29, 1.82) is 0 Å². The van der Waals surface area contributed by atoms with E-state index in [4.69, 9.17) is 19.9 Å². The molecule has 9 nitrogen and oxygen atoms in total. The van der Waals surface area contributed by atoms with Crippen LogP contribution in [-0.4, -0.2) is 23.9 Å². The molecule has 0 bridgehead atoms. The summed E-state index contributed by atoms with van der Waals surface area (Å²) in [6.07, 6.45) is 1.01. The summed E-state index contributed by atoms with van der Waals surface area (Å²) in [5.41, 5.74) is 7.41. The Labute approximate surface area is 206 Å². The molecule has 4 rings (SSSR count). The maximum atomic E-state index is 14.1. The first-order valence-electron chi connectivity index (χ1n) is 11.0. The number of fused-ring (bicyclic) bond motifs is 1. The number of anilines is 3. The Balaban J connectivity index is 1.49. The second-order valence-electron chi connectivity index (χ2n) is 8.02. The Kier molecular flexibility index (Phi) is 7.24. The number of nitrogens with one attached hydrogen (secondary N) is 2. The fourth-order valence-electron chi connectivity index (χ4n) is 3.54. The van der Waals surface area contributed by atoms with Crippen LogP contribution in [0.2, 0.25) is 0 Å². The van der Waals surface area contributed by atoms with Crippen molar-refractivity contribution >= 4 is 29.1 Å². The highest BCUT2D eigenvalue weighted by Gasteiger charge is 2.24. The van der Waals surface area contributed by atoms with E-state index >= 15 is 0 Å². The molecule has 3 aromatic carbocycles. The molecule has 1 aliphatic heterocycles. The van der Waals surface area contributed by atoms with Gasteiger partial charge in [-0.25, -0.2) is 9.18 Å². The lowest BCUT2D eigenvalue weighted by atomic mass is 9.96. The second kappa shape index (κ2) is 10.7. The first-order valence-corrected chi connectivity index (χ1v) is 11.0. The minimum absolute atomic E-state index is 0.0893. The number of hydrogen-bond donors (Lipinski definition) is 4. The van der Waals surface area contributed by atoms with Crippen molar-refractivity contribution < 1.29 is 33.3 Å². The molecule has 36 heavy (non-hydrogen) atoms. The molecule has 0 fully saturated rings. The average molecular weight is 493 g/mol. The molecule has 0 spiro atoms. The van der Waals surface area contributed by atoms with E-state index in [0.29, 0.717) is 28.6 Å². The number of carbonyl (C=O) groups is 2. The molecule has 5 N–H and O–H groups in total. The third-order valence-electron chi connectivity index (χ3n) is 5.40. The van der Waals surface area contributed by atoms with E-state index in [1.54, 1.807) is 49.4 Å². The van der Waals surface area contributed by atoms with Crippen LogP contribution < -0.4 is 25.8 Å². The summed E-state index contributed by atoms with van der Waals surface area (Å²) in [5, 5.41) is 14.8. The van der Waals surface area contributed by atoms with Gasteiger partial charge in [0.1, 0.15) is 6.10 Å². The van der Waals surface area contributed by atoms with Crippen molar-refractivity contribution in [1.82, 2.24) is 0 Å². The van der Waals surface area contributed by atoms with E-state index in [-0.39, 0.29) is 12.4 Å². The van der Waals surface area contributed by atoms with Crippen LogP contribution in [0.25, 0.3) is 0 Å². The summed E-state index contributed by atoms with van der Waals surface area (Å²) in [6.45, 7) is 1.79. The number of ether oxygens (including phenoxy) is 3. The van der Waals surface area contributed by atoms with Crippen LogP contribution >= 0.6 is 0 Å². The molecule has 1 heterocycles. The summed E-state index contributed by atoms with van der Waals surface area (Å²) in [7, 11) is 0. The molecule has 0 aromatic heterocycles. The van der Waals surface area contributed by atoms with Gasteiger partial charge in [-0.1, -0.05) is 31.2 Å². The van der Waals surface area contributed by atoms with Crippen molar-refractivity contribution in [3.63, 3.8) is 0 Å². The number of carbonyl (C=O) groups excluding carboxylic acids is 2. The Hall–Kier alpha value is -4.73. The molecule has 2 amide bonds. The third-order valence-corrected chi connectivity index (χ3v) is 5.40. The van der Waals surface area contributed by atoms with Gasteiger partial charge in [0.25, 0.3) is 0 Å². The topological polar surface area (TPSA) is 132 Å². The fourth-order valence-corrected chi connectivity index (χ4v) is 3.54. The molecular formula is C26H24FN3O6. The minimum Gasteiger partial charge on any atom is -0.505 e. The van der Waals surface area contributed by atoms with Gasteiger partial charge in [-0.15, -0.1) is 0 Å². The summed E-state index contributed by atoms with van der Waals surface area (Å²) >= 11 is 0. The van der Waals surface area contributed by atoms with Gasteiger partial charge in [-0.05, 0) is 48.0 Å². The van der Waals surface area contributed by atoms with Crippen molar-refractivity contribution in [2.75, 3.05) is 23.2 Å². The van der Waals surface area contributed by atoms with Crippen LogP contribution in [0.15, 0.2) is 72.8 Å². The smallest absolute Gasteiger partial charge is 0.412 e. The number of hydrogen-bond acceptors (Lipinski definition) is 7. The van der Waals surface area contributed by atoms with Crippen LogP contribution in [-0.2, 0) is 9.53 Å². The largest absolute Gasteiger partial charge is 0.505 e. The van der Waals surface area contributed by atoms with Gasteiger partial charge >= 0.3 is 6.09 Å². The lowest BCUT2D eigenvalue weighted by Gasteiger charge is -2.23. The normalized spacial score (nSPS) is 13.7. The number of rotatable bonds is 7. The van der Waals surface area contributed by atoms with E-state index in [1.807, 2.05) is 0 Å². The van der Waals surface area contributed by atoms with Gasteiger partial charge in [-0.2, -0.15) is 0 Å². The lowest BCUT2D eigenvalue weighted by Crippen LogP contribution is -2.21. The standard InChI is InChI=1S/C26H24FN3O6/c1-15(6-11-24(32)30-20-5-3-2-4-19(20)28)25(16-7-9-21(31)18(27)12-16)36-26(33)29-17-8-10-22-23(13-17)35-14-34-22/h2-13,15,25,31H,14,28H2,1H3,(H,29,33)(H,30,32)/b11-6+/t15-,25-/m0/s1. The molecule has 186 valence electrons. The quantitative estimate of drug-likeness (QED) is 0.270. The highest BCUT2D eigenvalue weighted by atomic mass is 19.1. The van der Waals surface area contributed by atoms with Crippen molar-refractivity contribution in [2.45, 2.75) is 13.0 Å². The highest BCUT2D eigenvalue weighted by Crippen LogP contribution is 2.35. The van der Waals surface area contributed by atoms with Gasteiger partial charge in [0, 0.05) is 17.7 Å². The fraction of sp³-hybridized carbons (Fsp3) is 0.154. The number of phenolic OH excluding ortho intramolecular Hbond substituents is 1. The highest BCUT2D eigenvalue weighted by molar-refractivity contribution is 6.01. The summed E-state index contributed by atoms with van der Waals surface area (Å²) < 4.78 is 30.3. The van der Waals surface area contributed by atoms with Crippen molar-refractivity contribution in [2.24, 2.45) is 5.92 Å². The predicted octanol–water partition coefficient (Wildman–Crippen LogP) is 4.96. The number of nitrogen functional groups attached to an aromatic ring is 1. The molecule has 1 aliphatic rings. The second-order valence-corrected chi connectivity index (χ2v) is 8.02. The Bertz CT molecular complexity index is 1310. The number of aromatic hydroxyl groups is 1. The van der Waals surface area contributed by atoms with Crippen molar-refractivity contribution in [3.05, 3.63) is 84.2 Å². The monoisotopic (exact) mass is 493 g/mol. The maximum Gasteiger partial charge on any atom is 0.412 e. The maximum absolute atomic E-state index is 14.1. The van der Waals surface area contributed by atoms with Gasteiger partial charge < -0.3 is 30.4 Å².